The number of ether oxygens (including phenoxy) is 3. The summed E-state index contributed by atoms with van der Waals surface area (Å²) in [7, 11) is 4.68. The molecule has 1 saturated heterocycles. The smallest absolute Gasteiger partial charge is 0.317 e. The number of nitrogens with one attached hydrogen (secondary N) is 2. The number of hydrogen-bond donors (Lipinski definition) is 2. The first-order valence-electron chi connectivity index (χ1n) is 10.8. The fourth-order valence-corrected chi connectivity index (χ4v) is 3.81. The normalized spacial score (nSPS) is 18.5. The van der Waals surface area contributed by atoms with Gasteiger partial charge in [0, 0.05) is 31.1 Å². The summed E-state index contributed by atoms with van der Waals surface area (Å²) in [5.41, 5.74) is 0.511. The van der Waals surface area contributed by atoms with Crippen molar-refractivity contribution in [2.45, 2.75) is 52.0 Å². The zero-order valence-electron chi connectivity index (χ0n) is 19.8. The van der Waals surface area contributed by atoms with Crippen LogP contribution < -0.4 is 24.8 Å². The second kappa shape index (κ2) is 10.6. The Hall–Kier alpha value is -2.64. The van der Waals surface area contributed by atoms with E-state index in [9.17, 15) is 9.59 Å². The van der Waals surface area contributed by atoms with Crippen LogP contribution in [0.1, 0.15) is 52.0 Å². The molecule has 8 nitrogen and oxygen atoms in total. The van der Waals surface area contributed by atoms with Gasteiger partial charge in [0.1, 0.15) is 0 Å². The van der Waals surface area contributed by atoms with Gasteiger partial charge in [0.15, 0.2) is 11.5 Å². The summed E-state index contributed by atoms with van der Waals surface area (Å²) in [6.07, 6.45) is 1.92. The molecule has 1 heterocycles. The van der Waals surface area contributed by atoms with Crippen LogP contribution in [0.2, 0.25) is 0 Å². The molecule has 2 rings (SSSR count). The molecule has 0 bridgehead atoms. The molecule has 1 aromatic rings. The van der Waals surface area contributed by atoms with E-state index in [1.54, 1.807) is 26.2 Å². The van der Waals surface area contributed by atoms with Gasteiger partial charge in [-0.1, -0.05) is 13.3 Å². The van der Waals surface area contributed by atoms with Gasteiger partial charge >= 0.3 is 6.03 Å². The molecule has 1 aromatic carbocycles. The molecular formula is C23H37N3O5. The zero-order chi connectivity index (χ0) is 23.2. The Kier molecular flexibility index (Phi) is 8.42. The minimum atomic E-state index is -0.370. The third-order valence-corrected chi connectivity index (χ3v) is 5.37. The monoisotopic (exact) mass is 435 g/mol. The van der Waals surface area contributed by atoms with E-state index in [4.69, 9.17) is 14.2 Å². The van der Waals surface area contributed by atoms with E-state index in [0.717, 1.165) is 18.4 Å². The zero-order valence-corrected chi connectivity index (χ0v) is 19.8. The summed E-state index contributed by atoms with van der Waals surface area (Å²) in [4.78, 5) is 27.6. The number of urea groups is 1. The van der Waals surface area contributed by atoms with Gasteiger partial charge in [0.05, 0.1) is 27.2 Å². The van der Waals surface area contributed by atoms with Crippen LogP contribution in [0.15, 0.2) is 12.1 Å². The highest BCUT2D eigenvalue weighted by atomic mass is 16.5. The number of hydrogen-bond acceptors (Lipinski definition) is 5. The average molecular weight is 436 g/mol. The molecule has 0 aromatic heterocycles. The largest absolute Gasteiger partial charge is 0.493 e. The molecule has 174 valence electrons. The molecule has 0 saturated carbocycles. The topological polar surface area (TPSA) is 89.1 Å². The summed E-state index contributed by atoms with van der Waals surface area (Å²) in [6, 6.07) is 3.56. The number of amides is 3. The Balaban J connectivity index is 2.38. The van der Waals surface area contributed by atoms with Crippen LogP contribution in [0.5, 0.6) is 17.2 Å². The molecule has 0 radical (unpaired) electrons. The molecule has 0 aliphatic carbocycles. The van der Waals surface area contributed by atoms with E-state index in [1.165, 1.54) is 0 Å². The highest BCUT2D eigenvalue weighted by molar-refractivity contribution is 5.83. The molecule has 31 heavy (non-hydrogen) atoms. The van der Waals surface area contributed by atoms with Gasteiger partial charge in [-0.05, 0) is 44.9 Å². The van der Waals surface area contributed by atoms with Crippen LogP contribution in [0.25, 0.3) is 0 Å². The van der Waals surface area contributed by atoms with Gasteiger partial charge in [0.2, 0.25) is 11.7 Å². The molecule has 2 N–H and O–H groups in total. The lowest BCUT2D eigenvalue weighted by atomic mass is 9.88. The maximum absolute atomic E-state index is 13.0. The maximum atomic E-state index is 13.0. The molecule has 8 heteroatoms. The molecule has 1 fully saturated rings. The van der Waals surface area contributed by atoms with Crippen molar-refractivity contribution >= 4 is 11.9 Å². The highest BCUT2D eigenvalue weighted by Crippen LogP contribution is 2.43. The van der Waals surface area contributed by atoms with Crippen LogP contribution >= 0.6 is 0 Å². The summed E-state index contributed by atoms with van der Waals surface area (Å²) in [5.74, 6) is 0.946. The lowest BCUT2D eigenvalue weighted by Crippen LogP contribution is -2.48. The predicted molar refractivity (Wildman–Crippen MR) is 120 cm³/mol. The van der Waals surface area contributed by atoms with E-state index in [1.807, 2.05) is 32.9 Å². The number of unbranched alkanes of at least 4 members (excludes halogenated alkanes) is 1. The van der Waals surface area contributed by atoms with Crippen molar-refractivity contribution in [3.05, 3.63) is 17.7 Å². The summed E-state index contributed by atoms with van der Waals surface area (Å²) >= 11 is 0. The fraction of sp³-hybridized carbons (Fsp3) is 0.652. The van der Waals surface area contributed by atoms with Crippen LogP contribution in [0, 0.1) is 5.92 Å². The number of rotatable bonds is 8. The summed E-state index contributed by atoms with van der Waals surface area (Å²) < 4.78 is 16.4. The van der Waals surface area contributed by atoms with E-state index in [0.29, 0.717) is 36.9 Å². The summed E-state index contributed by atoms with van der Waals surface area (Å²) in [5, 5.41) is 6.02. The number of nitrogens with zero attached hydrogens (tertiary/aromatic N) is 1. The van der Waals surface area contributed by atoms with Gasteiger partial charge in [-0.2, -0.15) is 0 Å². The van der Waals surface area contributed by atoms with Crippen LogP contribution in [0.4, 0.5) is 4.79 Å². The first-order chi connectivity index (χ1) is 14.6. The molecule has 2 atom stereocenters. The van der Waals surface area contributed by atoms with E-state index in [-0.39, 0.29) is 29.3 Å². The quantitative estimate of drug-likeness (QED) is 0.613. The first-order valence-corrected chi connectivity index (χ1v) is 10.8. The van der Waals surface area contributed by atoms with Crippen molar-refractivity contribution in [2.24, 2.45) is 5.92 Å². The lowest BCUT2D eigenvalue weighted by Gasteiger charge is -2.25. The van der Waals surface area contributed by atoms with E-state index < -0.39 is 0 Å². The SMILES string of the molecule is CCCCNC(=O)[C@H]1CN(C(=O)NC(C)(C)C)C[C@H]1c1cc(OC)c(OC)c(OC)c1. The molecule has 0 spiro atoms. The van der Waals surface area contributed by atoms with Gasteiger partial charge in [-0.3, -0.25) is 4.79 Å². The standard InChI is InChI=1S/C23H37N3O5/c1-8-9-10-24-21(27)17-14-26(22(28)25-23(2,3)4)13-16(17)15-11-18(29-5)20(31-7)19(12-15)30-6/h11-12,16-17H,8-10,13-14H2,1-7H3,(H,24,27)(H,25,28)/t16-,17-/m0/s1. The maximum Gasteiger partial charge on any atom is 0.317 e. The van der Waals surface area contributed by atoms with Crippen LogP contribution in [-0.2, 0) is 4.79 Å². The van der Waals surface area contributed by atoms with Crippen molar-refractivity contribution in [3.63, 3.8) is 0 Å². The third kappa shape index (κ3) is 6.18. The Bertz CT molecular complexity index is 750. The molecule has 1 aliphatic heterocycles. The van der Waals surface area contributed by atoms with Crippen molar-refractivity contribution in [1.29, 1.82) is 0 Å². The number of carbonyl (C=O) groups excluding carboxylic acids is 2. The minimum Gasteiger partial charge on any atom is -0.493 e. The number of methoxy groups -OCH3 is 3. The lowest BCUT2D eigenvalue weighted by molar-refractivity contribution is -0.124. The van der Waals surface area contributed by atoms with Gasteiger partial charge in [0.25, 0.3) is 0 Å². The predicted octanol–water partition coefficient (Wildman–Crippen LogP) is 3.15. The Morgan fingerprint density at radius 1 is 1.06 bits per heavy atom. The highest BCUT2D eigenvalue weighted by Gasteiger charge is 2.41. The minimum absolute atomic E-state index is 0.0433. The van der Waals surface area contributed by atoms with Crippen molar-refractivity contribution < 1.29 is 23.8 Å². The van der Waals surface area contributed by atoms with Gasteiger partial charge in [-0.25, -0.2) is 4.79 Å². The van der Waals surface area contributed by atoms with E-state index in [2.05, 4.69) is 17.6 Å². The average Bonchev–Trinajstić information content (AvgIpc) is 3.17. The molecule has 3 amide bonds. The second-order valence-corrected chi connectivity index (χ2v) is 8.90. The van der Waals surface area contributed by atoms with Crippen LogP contribution in [0.3, 0.4) is 0 Å². The summed E-state index contributed by atoms with van der Waals surface area (Å²) in [6.45, 7) is 9.29. The fourth-order valence-electron chi connectivity index (χ4n) is 3.81. The molecule has 0 unspecified atom stereocenters. The van der Waals surface area contributed by atoms with Crippen LogP contribution in [-0.4, -0.2) is 63.3 Å². The van der Waals surface area contributed by atoms with Crippen molar-refractivity contribution in [1.82, 2.24) is 15.5 Å². The Labute approximate surface area is 185 Å². The van der Waals surface area contributed by atoms with Crippen molar-refractivity contribution in [2.75, 3.05) is 41.0 Å². The second-order valence-electron chi connectivity index (χ2n) is 8.90. The van der Waals surface area contributed by atoms with Gasteiger partial charge < -0.3 is 29.7 Å². The number of likely N-dealkylation sites (tertiary alicyclic amines) is 1. The Morgan fingerprint density at radius 3 is 2.16 bits per heavy atom. The number of benzene rings is 1. The number of carbonyl (C=O) groups is 2. The molecule has 1 aliphatic rings. The van der Waals surface area contributed by atoms with Crippen molar-refractivity contribution in [3.8, 4) is 17.2 Å². The van der Waals surface area contributed by atoms with Gasteiger partial charge in [-0.15, -0.1) is 0 Å². The third-order valence-electron chi connectivity index (χ3n) is 5.37. The molecular weight excluding hydrogens is 398 g/mol. The van der Waals surface area contributed by atoms with E-state index >= 15 is 0 Å². The Morgan fingerprint density at radius 2 is 1.68 bits per heavy atom. The first kappa shape index (κ1) is 24.6.